The second-order valence-electron chi connectivity index (χ2n) is 5.03. The van der Waals surface area contributed by atoms with Gasteiger partial charge in [-0.15, -0.1) is 0 Å². The highest BCUT2D eigenvalue weighted by molar-refractivity contribution is 8.27. The van der Waals surface area contributed by atoms with Crippen LogP contribution >= 0.6 is 24.0 Å². The summed E-state index contributed by atoms with van der Waals surface area (Å²) in [5, 5.41) is 2.69. The third kappa shape index (κ3) is 3.52. The quantitative estimate of drug-likeness (QED) is 0.675. The predicted molar refractivity (Wildman–Crippen MR) is 101 cm³/mol. The van der Waals surface area contributed by atoms with Crippen LogP contribution in [-0.4, -0.2) is 21.1 Å². The van der Waals surface area contributed by atoms with E-state index in [0.717, 1.165) is 5.56 Å². The minimum absolute atomic E-state index is 0.146. The first kappa shape index (κ1) is 16.4. The topological polar surface area (TPSA) is 62.3 Å². The summed E-state index contributed by atoms with van der Waals surface area (Å²) in [7, 11) is 0. The highest BCUT2D eigenvalue weighted by Gasteiger charge is 2.33. The molecule has 1 aromatic carbocycles. The Bertz CT molecular complexity index is 833. The summed E-state index contributed by atoms with van der Waals surface area (Å²) < 4.78 is 0.474. The lowest BCUT2D eigenvalue weighted by molar-refractivity contribution is -0.114. The third-order valence-corrected chi connectivity index (χ3v) is 4.52. The molecule has 24 heavy (non-hydrogen) atoms. The molecule has 0 radical (unpaired) electrons. The van der Waals surface area contributed by atoms with Crippen LogP contribution in [0.2, 0.25) is 0 Å². The van der Waals surface area contributed by atoms with Gasteiger partial charge in [-0.2, -0.15) is 0 Å². The number of thioether (sulfide) groups is 1. The summed E-state index contributed by atoms with van der Waals surface area (Å²) in [5.41, 5.74) is 2.18. The zero-order chi connectivity index (χ0) is 17.1. The molecule has 0 atom stereocenters. The van der Waals surface area contributed by atoms with Gasteiger partial charge in [0.05, 0.1) is 10.6 Å². The Morgan fingerprint density at radius 1 is 1.29 bits per heavy atom. The standard InChI is InChI=1S/C17H13N3O2S2/c1-11(21)19-13-4-6-14(7-5-13)20-16(22)15(24-17(20)23)9-12-3-2-8-18-10-12/h2-10H,1H3,(H,19,21). The summed E-state index contributed by atoms with van der Waals surface area (Å²) in [5.74, 6) is -0.311. The molecule has 0 bridgehead atoms. The fourth-order valence-corrected chi connectivity index (χ4v) is 3.50. The van der Waals surface area contributed by atoms with Gasteiger partial charge in [0.2, 0.25) is 5.91 Å². The summed E-state index contributed by atoms with van der Waals surface area (Å²) in [4.78, 5) is 29.8. The zero-order valence-electron chi connectivity index (χ0n) is 12.7. The average Bonchev–Trinajstić information content (AvgIpc) is 2.83. The van der Waals surface area contributed by atoms with Gasteiger partial charge >= 0.3 is 0 Å². The molecule has 1 aromatic heterocycles. The van der Waals surface area contributed by atoms with Gasteiger partial charge in [0.15, 0.2) is 4.32 Å². The molecular weight excluding hydrogens is 342 g/mol. The molecule has 0 saturated carbocycles. The van der Waals surface area contributed by atoms with Crippen LogP contribution in [0.15, 0.2) is 53.7 Å². The number of anilines is 2. The minimum atomic E-state index is -0.166. The van der Waals surface area contributed by atoms with Crippen molar-refractivity contribution in [2.45, 2.75) is 6.92 Å². The normalized spacial score (nSPS) is 15.9. The first-order valence-corrected chi connectivity index (χ1v) is 8.33. The van der Waals surface area contributed by atoms with Crippen molar-refractivity contribution in [1.29, 1.82) is 0 Å². The van der Waals surface area contributed by atoms with Gasteiger partial charge in [0.25, 0.3) is 5.91 Å². The summed E-state index contributed by atoms with van der Waals surface area (Å²) >= 11 is 6.60. The molecule has 1 aliphatic rings. The SMILES string of the molecule is CC(=O)Nc1ccc(N2C(=O)C(=Cc3cccnc3)SC2=S)cc1. The molecular formula is C17H13N3O2S2. The number of carbonyl (C=O) groups is 2. The molecule has 5 nitrogen and oxygen atoms in total. The maximum Gasteiger partial charge on any atom is 0.270 e. The first-order valence-electron chi connectivity index (χ1n) is 7.10. The maximum absolute atomic E-state index is 12.6. The number of carbonyl (C=O) groups excluding carboxylic acids is 2. The van der Waals surface area contributed by atoms with Crippen molar-refractivity contribution >= 4 is 57.6 Å². The number of hydrogen-bond acceptors (Lipinski definition) is 5. The van der Waals surface area contributed by atoms with Crippen LogP contribution in [0.25, 0.3) is 6.08 Å². The van der Waals surface area contributed by atoms with Gasteiger partial charge < -0.3 is 5.32 Å². The van der Waals surface area contributed by atoms with E-state index in [2.05, 4.69) is 10.3 Å². The van der Waals surface area contributed by atoms with Crippen LogP contribution in [0.1, 0.15) is 12.5 Å². The van der Waals surface area contributed by atoms with E-state index in [-0.39, 0.29) is 11.8 Å². The molecule has 3 rings (SSSR count). The number of pyridine rings is 1. The van der Waals surface area contributed by atoms with Crippen molar-refractivity contribution in [3.63, 3.8) is 0 Å². The van der Waals surface area contributed by atoms with E-state index < -0.39 is 0 Å². The fraction of sp³-hybridized carbons (Fsp3) is 0.0588. The summed E-state index contributed by atoms with van der Waals surface area (Å²) in [6.07, 6.45) is 5.14. The molecule has 2 amide bonds. The van der Waals surface area contributed by atoms with Crippen LogP contribution in [0.3, 0.4) is 0 Å². The van der Waals surface area contributed by atoms with E-state index in [0.29, 0.717) is 20.6 Å². The van der Waals surface area contributed by atoms with Gasteiger partial charge in [-0.05, 0) is 42.0 Å². The molecule has 0 unspecified atom stereocenters. The minimum Gasteiger partial charge on any atom is -0.326 e. The van der Waals surface area contributed by atoms with Crippen molar-refractivity contribution in [3.05, 3.63) is 59.3 Å². The molecule has 1 N–H and O–H groups in total. The molecule has 1 aliphatic heterocycles. The monoisotopic (exact) mass is 355 g/mol. The number of amides is 2. The molecule has 120 valence electrons. The number of rotatable bonds is 3. The van der Waals surface area contributed by atoms with Crippen LogP contribution in [0.4, 0.5) is 11.4 Å². The lowest BCUT2D eigenvalue weighted by Crippen LogP contribution is -2.27. The van der Waals surface area contributed by atoms with Gasteiger partial charge in [0.1, 0.15) is 0 Å². The van der Waals surface area contributed by atoms with Gasteiger partial charge in [0, 0.05) is 25.0 Å². The Morgan fingerprint density at radius 2 is 2.04 bits per heavy atom. The third-order valence-electron chi connectivity index (χ3n) is 3.22. The molecule has 0 spiro atoms. The summed E-state index contributed by atoms with van der Waals surface area (Å²) in [6, 6.07) is 10.7. The van der Waals surface area contributed by atoms with Crippen molar-refractivity contribution in [1.82, 2.24) is 4.98 Å². The Morgan fingerprint density at radius 3 is 2.67 bits per heavy atom. The highest BCUT2D eigenvalue weighted by atomic mass is 32.2. The van der Waals surface area contributed by atoms with E-state index in [1.807, 2.05) is 12.1 Å². The van der Waals surface area contributed by atoms with E-state index in [9.17, 15) is 9.59 Å². The van der Waals surface area contributed by atoms with Crippen LogP contribution in [0.5, 0.6) is 0 Å². The van der Waals surface area contributed by atoms with Crippen LogP contribution in [0, 0.1) is 0 Å². The van der Waals surface area contributed by atoms with Crippen molar-refractivity contribution in [2.75, 3.05) is 10.2 Å². The smallest absolute Gasteiger partial charge is 0.270 e. The molecule has 0 aliphatic carbocycles. The number of hydrogen-bond donors (Lipinski definition) is 1. The Balaban J connectivity index is 1.84. The lowest BCUT2D eigenvalue weighted by Gasteiger charge is -2.15. The number of thiocarbonyl (C=S) groups is 1. The van der Waals surface area contributed by atoms with Crippen molar-refractivity contribution in [2.24, 2.45) is 0 Å². The maximum atomic E-state index is 12.6. The average molecular weight is 355 g/mol. The second kappa shape index (κ2) is 6.94. The highest BCUT2D eigenvalue weighted by Crippen LogP contribution is 2.36. The Labute approximate surface area is 148 Å². The molecule has 2 aromatic rings. The molecule has 1 saturated heterocycles. The number of nitrogens with zero attached hydrogens (tertiary/aromatic N) is 2. The second-order valence-corrected chi connectivity index (χ2v) is 6.71. The number of aromatic nitrogens is 1. The Kier molecular flexibility index (Phi) is 4.73. The van der Waals surface area contributed by atoms with Gasteiger partial charge in [-0.25, -0.2) is 0 Å². The zero-order valence-corrected chi connectivity index (χ0v) is 14.4. The van der Waals surface area contributed by atoms with E-state index >= 15 is 0 Å². The fourth-order valence-electron chi connectivity index (χ4n) is 2.20. The lowest BCUT2D eigenvalue weighted by atomic mass is 10.2. The van der Waals surface area contributed by atoms with Crippen molar-refractivity contribution < 1.29 is 9.59 Å². The van der Waals surface area contributed by atoms with E-state index in [1.54, 1.807) is 42.7 Å². The predicted octanol–water partition coefficient (Wildman–Crippen LogP) is 3.45. The van der Waals surface area contributed by atoms with E-state index in [1.165, 1.54) is 23.6 Å². The number of benzene rings is 1. The molecule has 2 heterocycles. The molecule has 1 fully saturated rings. The van der Waals surface area contributed by atoms with Gasteiger partial charge in [-0.1, -0.05) is 30.0 Å². The van der Waals surface area contributed by atoms with Crippen LogP contribution < -0.4 is 10.2 Å². The molecule has 7 heteroatoms. The van der Waals surface area contributed by atoms with Crippen molar-refractivity contribution in [3.8, 4) is 0 Å². The largest absolute Gasteiger partial charge is 0.326 e. The first-order chi connectivity index (χ1) is 11.5. The van der Waals surface area contributed by atoms with Gasteiger partial charge in [-0.3, -0.25) is 19.5 Å². The number of nitrogens with one attached hydrogen (secondary N) is 1. The summed E-state index contributed by atoms with van der Waals surface area (Å²) in [6.45, 7) is 1.44. The van der Waals surface area contributed by atoms with E-state index in [4.69, 9.17) is 12.2 Å². The van der Waals surface area contributed by atoms with Crippen LogP contribution in [-0.2, 0) is 9.59 Å². The Hall–Kier alpha value is -2.51.